The Bertz CT molecular complexity index is 560. The van der Waals surface area contributed by atoms with Gasteiger partial charge in [-0.25, -0.2) is 4.79 Å². The molecule has 0 spiro atoms. The molecule has 0 aliphatic carbocycles. The second-order valence-electron chi connectivity index (χ2n) is 9.16. The summed E-state index contributed by atoms with van der Waals surface area (Å²) in [6.07, 6.45) is 3.60. The molecule has 3 saturated heterocycles. The first-order valence-corrected chi connectivity index (χ1v) is 11.1. The summed E-state index contributed by atoms with van der Waals surface area (Å²) < 4.78 is 0. The van der Waals surface area contributed by atoms with Crippen LogP contribution in [0.15, 0.2) is 0 Å². The zero-order valence-corrected chi connectivity index (χ0v) is 19.7. The second-order valence-corrected chi connectivity index (χ2v) is 9.16. The Morgan fingerprint density at radius 1 is 0.828 bits per heavy atom. The number of likely N-dealkylation sites (tertiary alicyclic amines) is 2. The number of hydrogen-bond donors (Lipinski definition) is 1. The van der Waals surface area contributed by atoms with E-state index in [1.54, 1.807) is 0 Å². The highest BCUT2D eigenvalue weighted by atomic mass is 16.2. The van der Waals surface area contributed by atoms with E-state index in [0.717, 1.165) is 38.8 Å². The van der Waals surface area contributed by atoms with E-state index in [1.165, 1.54) is 0 Å². The monoisotopic (exact) mass is 410 g/mol. The third-order valence-electron chi connectivity index (χ3n) is 5.55. The lowest BCUT2D eigenvalue weighted by atomic mass is 10.2. The molecule has 0 aromatic rings. The number of amides is 4. The van der Waals surface area contributed by atoms with Crippen LogP contribution in [0.4, 0.5) is 4.79 Å². The van der Waals surface area contributed by atoms with Crippen LogP contribution in [0.1, 0.15) is 81.1 Å². The van der Waals surface area contributed by atoms with Gasteiger partial charge in [-0.3, -0.25) is 9.59 Å². The Labute approximate surface area is 177 Å². The highest BCUT2D eigenvalue weighted by Crippen LogP contribution is 2.20. The molecule has 1 N–H and O–H groups in total. The molecule has 168 valence electrons. The van der Waals surface area contributed by atoms with Crippen molar-refractivity contribution in [1.29, 1.82) is 0 Å². The number of nitrogens with zero attached hydrogens (tertiary/aromatic N) is 3. The summed E-state index contributed by atoms with van der Waals surface area (Å²) in [4.78, 5) is 38.9. The molecule has 7 heteroatoms. The quantitative estimate of drug-likeness (QED) is 0.776. The first-order chi connectivity index (χ1) is 13.5. The number of urea groups is 1. The van der Waals surface area contributed by atoms with Crippen molar-refractivity contribution >= 4 is 17.8 Å². The summed E-state index contributed by atoms with van der Waals surface area (Å²) in [5, 5.41) is 2.84. The Hall–Kier alpha value is -1.79. The van der Waals surface area contributed by atoms with Crippen LogP contribution >= 0.6 is 0 Å². The van der Waals surface area contributed by atoms with Crippen molar-refractivity contribution in [2.75, 3.05) is 13.1 Å². The summed E-state index contributed by atoms with van der Waals surface area (Å²) in [5.41, 5.74) is 0. The molecule has 0 saturated carbocycles. The summed E-state index contributed by atoms with van der Waals surface area (Å²) in [6, 6.07) is 1.96. The molecule has 2 unspecified atom stereocenters. The average Bonchev–Trinajstić information content (AvgIpc) is 3.27. The largest absolute Gasteiger partial charge is 0.340 e. The molecule has 3 aliphatic rings. The van der Waals surface area contributed by atoms with Gasteiger partial charge in [0.15, 0.2) is 0 Å². The molecule has 4 amide bonds. The van der Waals surface area contributed by atoms with Gasteiger partial charge >= 0.3 is 6.03 Å². The van der Waals surface area contributed by atoms with Crippen LogP contribution in [0.3, 0.4) is 0 Å². The van der Waals surface area contributed by atoms with Gasteiger partial charge in [-0.05, 0) is 68.2 Å². The molecule has 3 heterocycles. The third kappa shape index (κ3) is 7.52. The summed E-state index contributed by atoms with van der Waals surface area (Å²) in [6.45, 7) is 18.2. The maximum absolute atomic E-state index is 11.2. The normalized spacial score (nSPS) is 24.2. The lowest BCUT2D eigenvalue weighted by molar-refractivity contribution is -0.130. The van der Waals surface area contributed by atoms with Gasteiger partial charge in [-0.15, -0.1) is 0 Å². The van der Waals surface area contributed by atoms with Gasteiger partial charge in [0, 0.05) is 56.1 Å². The van der Waals surface area contributed by atoms with Crippen LogP contribution in [0.5, 0.6) is 0 Å². The molecule has 3 fully saturated rings. The molecule has 0 aromatic heterocycles. The number of rotatable bonds is 3. The van der Waals surface area contributed by atoms with Crippen LogP contribution < -0.4 is 5.32 Å². The zero-order chi connectivity index (χ0) is 22.3. The van der Waals surface area contributed by atoms with E-state index >= 15 is 0 Å². The third-order valence-corrected chi connectivity index (χ3v) is 5.55. The smallest absolute Gasteiger partial charge is 0.317 e. The fraction of sp³-hybridized carbons (Fsp3) is 0.864. The molecule has 29 heavy (non-hydrogen) atoms. The molecule has 2 atom stereocenters. The van der Waals surface area contributed by atoms with Gasteiger partial charge in [-0.1, -0.05) is 0 Å². The van der Waals surface area contributed by atoms with E-state index in [1.807, 2.05) is 35.5 Å². The van der Waals surface area contributed by atoms with Crippen molar-refractivity contribution in [2.24, 2.45) is 0 Å². The minimum atomic E-state index is 0.0718. The van der Waals surface area contributed by atoms with Crippen molar-refractivity contribution in [3.8, 4) is 0 Å². The number of nitrogens with one attached hydrogen (secondary N) is 1. The number of carbonyl (C=O) groups excluding carboxylic acids is 3. The van der Waals surface area contributed by atoms with Gasteiger partial charge in [-0.2, -0.15) is 0 Å². The highest BCUT2D eigenvalue weighted by Gasteiger charge is 2.29. The maximum atomic E-state index is 11.2. The van der Waals surface area contributed by atoms with E-state index in [2.05, 4.69) is 39.9 Å². The average molecular weight is 411 g/mol. The van der Waals surface area contributed by atoms with E-state index in [0.29, 0.717) is 42.0 Å². The molecule has 0 bridgehead atoms. The Kier molecular flexibility index (Phi) is 9.93. The Morgan fingerprint density at radius 2 is 1.41 bits per heavy atom. The van der Waals surface area contributed by atoms with Crippen LogP contribution in [0, 0.1) is 0 Å². The molecule has 7 nitrogen and oxygen atoms in total. The first kappa shape index (κ1) is 25.2. The first-order valence-electron chi connectivity index (χ1n) is 11.1. The Morgan fingerprint density at radius 3 is 1.62 bits per heavy atom. The fourth-order valence-corrected chi connectivity index (χ4v) is 4.02. The Balaban J connectivity index is 0.000000218. The fourth-order valence-electron chi connectivity index (χ4n) is 4.02. The van der Waals surface area contributed by atoms with Crippen LogP contribution in [-0.4, -0.2) is 75.8 Å². The molecular weight excluding hydrogens is 368 g/mol. The SMILES string of the molecule is CC(C)N1C(=O)CCC1C.CC(C)N1CCCC1=O.CC1CN(C(C)C)C(=O)N1. The van der Waals surface area contributed by atoms with Gasteiger partial charge in [0.2, 0.25) is 11.8 Å². The van der Waals surface area contributed by atoms with Crippen LogP contribution in [-0.2, 0) is 9.59 Å². The highest BCUT2D eigenvalue weighted by molar-refractivity contribution is 5.79. The molecule has 3 rings (SSSR count). The van der Waals surface area contributed by atoms with E-state index in [9.17, 15) is 14.4 Å². The van der Waals surface area contributed by atoms with Crippen molar-refractivity contribution in [1.82, 2.24) is 20.0 Å². The topological polar surface area (TPSA) is 73.0 Å². The van der Waals surface area contributed by atoms with Gasteiger partial charge in [0.1, 0.15) is 0 Å². The number of carbonyl (C=O) groups is 3. The summed E-state index contributed by atoms with van der Waals surface area (Å²) >= 11 is 0. The second kappa shape index (κ2) is 11.4. The molecule has 0 radical (unpaired) electrons. The van der Waals surface area contributed by atoms with Crippen molar-refractivity contribution in [3.05, 3.63) is 0 Å². The van der Waals surface area contributed by atoms with Crippen molar-refractivity contribution in [2.45, 2.75) is 111 Å². The van der Waals surface area contributed by atoms with Gasteiger partial charge in [0.05, 0.1) is 0 Å². The predicted molar refractivity (Wildman–Crippen MR) is 117 cm³/mol. The van der Waals surface area contributed by atoms with Crippen molar-refractivity contribution < 1.29 is 14.4 Å². The lowest BCUT2D eigenvalue weighted by Crippen LogP contribution is -2.36. The molecule has 0 aromatic carbocycles. The summed E-state index contributed by atoms with van der Waals surface area (Å²) in [7, 11) is 0. The predicted octanol–water partition coefficient (Wildman–Crippen LogP) is 3.23. The minimum Gasteiger partial charge on any atom is -0.340 e. The van der Waals surface area contributed by atoms with E-state index < -0.39 is 0 Å². The van der Waals surface area contributed by atoms with E-state index in [4.69, 9.17) is 0 Å². The maximum Gasteiger partial charge on any atom is 0.317 e. The van der Waals surface area contributed by atoms with Gasteiger partial charge in [0.25, 0.3) is 0 Å². The lowest BCUT2D eigenvalue weighted by Gasteiger charge is -2.25. The summed E-state index contributed by atoms with van der Waals surface area (Å²) in [5.74, 6) is 0.646. The minimum absolute atomic E-state index is 0.0718. The zero-order valence-electron chi connectivity index (χ0n) is 19.7. The molecule has 3 aliphatic heterocycles. The van der Waals surface area contributed by atoms with Gasteiger partial charge < -0.3 is 20.0 Å². The van der Waals surface area contributed by atoms with E-state index in [-0.39, 0.29) is 6.03 Å². The van der Waals surface area contributed by atoms with Crippen LogP contribution in [0.2, 0.25) is 0 Å². The molecular formula is C22H42N4O3. The number of hydrogen-bond acceptors (Lipinski definition) is 3. The van der Waals surface area contributed by atoms with Crippen LogP contribution in [0.25, 0.3) is 0 Å². The van der Waals surface area contributed by atoms with Crippen molar-refractivity contribution in [3.63, 3.8) is 0 Å². The standard InChI is InChI=1S/C8H15NO.C7H14N2O.C7H13NO/c1-6(2)9-7(3)4-5-8(9)10;1-5(2)9-4-6(3)8-7(9)10;1-6(2)8-5-3-4-7(8)9/h6-7H,4-5H2,1-3H3;5-6H,4H2,1-3H3,(H,8,10);6H,3-5H2,1-2H3.